The zero-order chi connectivity index (χ0) is 15.9. The van der Waals surface area contributed by atoms with Crippen molar-refractivity contribution in [1.29, 1.82) is 0 Å². The molecule has 0 aliphatic carbocycles. The third-order valence-corrected chi connectivity index (χ3v) is 3.97. The highest BCUT2D eigenvalue weighted by Gasteiger charge is 2.20. The zero-order valence-corrected chi connectivity index (χ0v) is 12.9. The summed E-state index contributed by atoms with van der Waals surface area (Å²) in [5.74, 6) is 1.40. The number of carbonyl (C=O) groups is 1. The molecule has 3 heterocycles. The molecule has 2 N–H and O–H groups in total. The lowest BCUT2D eigenvalue weighted by Gasteiger charge is -2.31. The van der Waals surface area contributed by atoms with Gasteiger partial charge < -0.3 is 9.73 Å². The van der Waals surface area contributed by atoms with Gasteiger partial charge >= 0.3 is 0 Å². The van der Waals surface area contributed by atoms with Crippen LogP contribution in [0.4, 0.5) is 0 Å². The van der Waals surface area contributed by atoms with E-state index in [-0.39, 0.29) is 11.7 Å². The number of carbonyl (C=O) groups excluding carboxylic acids is 1. The molecule has 1 amide bonds. The second-order valence-electron chi connectivity index (χ2n) is 5.73. The monoisotopic (exact) mass is 315 g/mol. The van der Waals surface area contributed by atoms with Gasteiger partial charge in [0.25, 0.3) is 5.91 Å². The summed E-state index contributed by atoms with van der Waals surface area (Å²) in [6, 6.07) is 3.82. The lowest BCUT2D eigenvalue weighted by atomic mass is 9.98. The van der Waals surface area contributed by atoms with E-state index in [4.69, 9.17) is 4.42 Å². The average molecular weight is 315 g/mol. The number of aromatic nitrogens is 3. The number of amides is 1. The Morgan fingerprint density at radius 2 is 2.52 bits per heavy atom. The normalized spacial score (nSPS) is 19.2. The number of furan rings is 1. The van der Waals surface area contributed by atoms with Crippen molar-refractivity contribution in [2.24, 2.45) is 5.92 Å². The standard InChI is InChI=1S/C16H21N5O2/c22-16(15-18-12-19-20-15)17-10-13-4-1-7-21(11-13)8-2-5-14-6-3-9-23-14/h2-3,5-6,9,12-13H,1,4,7-8,10-11H2,(H,17,22)(H,18,19,20)/b5-2+. The van der Waals surface area contributed by atoms with E-state index in [1.54, 1.807) is 6.26 Å². The van der Waals surface area contributed by atoms with Gasteiger partial charge in [0.15, 0.2) is 0 Å². The number of hydrogen-bond acceptors (Lipinski definition) is 5. The van der Waals surface area contributed by atoms with Crippen molar-refractivity contribution in [1.82, 2.24) is 25.4 Å². The molecule has 23 heavy (non-hydrogen) atoms. The zero-order valence-electron chi connectivity index (χ0n) is 12.9. The summed E-state index contributed by atoms with van der Waals surface area (Å²) >= 11 is 0. The number of hydrogen-bond donors (Lipinski definition) is 2. The number of nitrogens with one attached hydrogen (secondary N) is 2. The number of H-pyrrole nitrogens is 1. The van der Waals surface area contributed by atoms with Gasteiger partial charge in [-0.05, 0) is 43.5 Å². The number of piperidine rings is 1. The molecule has 2 aromatic heterocycles. The molecule has 1 unspecified atom stereocenters. The van der Waals surface area contributed by atoms with Crippen LogP contribution in [0.2, 0.25) is 0 Å². The lowest BCUT2D eigenvalue weighted by molar-refractivity contribution is 0.0925. The van der Waals surface area contributed by atoms with Crippen LogP contribution in [0.25, 0.3) is 6.08 Å². The van der Waals surface area contributed by atoms with Crippen LogP contribution >= 0.6 is 0 Å². The SMILES string of the molecule is O=C(NCC1CCCN(C/C=C/c2ccco2)C1)c1ncn[nH]1. The summed E-state index contributed by atoms with van der Waals surface area (Å²) in [5.41, 5.74) is 0. The van der Waals surface area contributed by atoms with Gasteiger partial charge in [-0.2, -0.15) is 5.10 Å². The molecule has 0 saturated carbocycles. The highest BCUT2D eigenvalue weighted by molar-refractivity contribution is 5.90. The minimum absolute atomic E-state index is 0.197. The number of rotatable bonds is 6. The predicted molar refractivity (Wildman–Crippen MR) is 85.6 cm³/mol. The van der Waals surface area contributed by atoms with Crippen LogP contribution in [-0.2, 0) is 0 Å². The maximum atomic E-state index is 11.9. The third-order valence-electron chi connectivity index (χ3n) is 3.97. The van der Waals surface area contributed by atoms with Crippen LogP contribution in [0.5, 0.6) is 0 Å². The second-order valence-corrected chi connectivity index (χ2v) is 5.73. The van der Waals surface area contributed by atoms with Crippen molar-refractivity contribution < 1.29 is 9.21 Å². The van der Waals surface area contributed by atoms with Crippen LogP contribution in [0.1, 0.15) is 29.2 Å². The van der Waals surface area contributed by atoms with Crippen molar-refractivity contribution >= 4 is 12.0 Å². The smallest absolute Gasteiger partial charge is 0.288 e. The minimum atomic E-state index is -0.197. The molecule has 1 aliphatic heterocycles. The van der Waals surface area contributed by atoms with Crippen LogP contribution in [0.3, 0.4) is 0 Å². The van der Waals surface area contributed by atoms with Crippen LogP contribution in [0, 0.1) is 5.92 Å². The summed E-state index contributed by atoms with van der Waals surface area (Å²) in [6.45, 7) is 3.64. The Kier molecular flexibility index (Phi) is 5.21. The number of nitrogens with zero attached hydrogens (tertiary/aromatic N) is 3. The Hall–Kier alpha value is -2.41. The Morgan fingerprint density at radius 1 is 1.57 bits per heavy atom. The Morgan fingerprint density at radius 3 is 3.30 bits per heavy atom. The highest BCUT2D eigenvalue weighted by Crippen LogP contribution is 2.16. The lowest BCUT2D eigenvalue weighted by Crippen LogP contribution is -2.41. The average Bonchev–Trinajstić information content (AvgIpc) is 3.26. The molecular formula is C16H21N5O2. The molecule has 0 radical (unpaired) electrons. The summed E-state index contributed by atoms with van der Waals surface area (Å²) in [6.07, 6.45) is 9.41. The quantitative estimate of drug-likeness (QED) is 0.844. The third kappa shape index (κ3) is 4.53. The first-order chi connectivity index (χ1) is 11.3. The van der Waals surface area contributed by atoms with E-state index < -0.39 is 0 Å². The minimum Gasteiger partial charge on any atom is -0.465 e. The Balaban J connectivity index is 1.42. The van der Waals surface area contributed by atoms with Gasteiger partial charge in [-0.1, -0.05) is 6.08 Å². The van der Waals surface area contributed by atoms with E-state index in [0.29, 0.717) is 12.5 Å². The maximum absolute atomic E-state index is 11.9. The first-order valence-corrected chi connectivity index (χ1v) is 7.87. The van der Waals surface area contributed by atoms with E-state index >= 15 is 0 Å². The van der Waals surface area contributed by atoms with Gasteiger partial charge in [-0.25, -0.2) is 4.98 Å². The van der Waals surface area contributed by atoms with Crippen LogP contribution in [-0.4, -0.2) is 52.2 Å². The van der Waals surface area contributed by atoms with Gasteiger partial charge in [-0.3, -0.25) is 14.8 Å². The van der Waals surface area contributed by atoms with E-state index in [2.05, 4.69) is 31.5 Å². The largest absolute Gasteiger partial charge is 0.465 e. The maximum Gasteiger partial charge on any atom is 0.288 e. The molecule has 7 nitrogen and oxygen atoms in total. The van der Waals surface area contributed by atoms with E-state index in [0.717, 1.165) is 38.2 Å². The fourth-order valence-electron chi connectivity index (χ4n) is 2.82. The van der Waals surface area contributed by atoms with Crippen LogP contribution in [0.15, 0.2) is 35.2 Å². The molecule has 1 fully saturated rings. The van der Waals surface area contributed by atoms with E-state index in [1.807, 2.05) is 18.2 Å². The van der Waals surface area contributed by atoms with Gasteiger partial charge in [0.05, 0.1) is 6.26 Å². The van der Waals surface area contributed by atoms with Crippen LogP contribution < -0.4 is 5.32 Å². The molecule has 0 aromatic carbocycles. The molecule has 2 aromatic rings. The Bertz CT molecular complexity index is 621. The molecule has 122 valence electrons. The molecule has 1 aliphatic rings. The summed E-state index contributed by atoms with van der Waals surface area (Å²) in [7, 11) is 0. The Labute approximate surface area is 134 Å². The molecule has 1 saturated heterocycles. The van der Waals surface area contributed by atoms with Gasteiger partial charge in [0.2, 0.25) is 5.82 Å². The first kappa shape index (κ1) is 15.5. The van der Waals surface area contributed by atoms with Crippen molar-refractivity contribution in [3.63, 3.8) is 0 Å². The molecule has 1 atom stereocenters. The molecular weight excluding hydrogens is 294 g/mol. The molecule has 3 rings (SSSR count). The van der Waals surface area contributed by atoms with E-state index in [1.165, 1.54) is 6.33 Å². The van der Waals surface area contributed by atoms with E-state index in [9.17, 15) is 4.79 Å². The van der Waals surface area contributed by atoms with Crippen molar-refractivity contribution in [2.75, 3.05) is 26.2 Å². The summed E-state index contributed by atoms with van der Waals surface area (Å²) in [5, 5.41) is 9.18. The fraction of sp³-hybridized carbons (Fsp3) is 0.438. The van der Waals surface area contributed by atoms with Crippen molar-refractivity contribution in [3.05, 3.63) is 42.4 Å². The highest BCUT2D eigenvalue weighted by atomic mass is 16.3. The van der Waals surface area contributed by atoms with Gasteiger partial charge in [-0.15, -0.1) is 0 Å². The van der Waals surface area contributed by atoms with Crippen molar-refractivity contribution in [2.45, 2.75) is 12.8 Å². The molecule has 0 bridgehead atoms. The topological polar surface area (TPSA) is 87.1 Å². The number of aromatic amines is 1. The predicted octanol–water partition coefficient (Wildman–Crippen LogP) is 1.55. The molecule has 0 spiro atoms. The molecule has 7 heteroatoms. The second kappa shape index (κ2) is 7.73. The summed E-state index contributed by atoms with van der Waals surface area (Å²) in [4.78, 5) is 18.1. The van der Waals surface area contributed by atoms with Crippen molar-refractivity contribution in [3.8, 4) is 0 Å². The summed E-state index contributed by atoms with van der Waals surface area (Å²) < 4.78 is 5.28. The first-order valence-electron chi connectivity index (χ1n) is 7.87. The number of likely N-dealkylation sites (tertiary alicyclic amines) is 1. The van der Waals surface area contributed by atoms with Gasteiger partial charge in [0, 0.05) is 19.6 Å². The van der Waals surface area contributed by atoms with Gasteiger partial charge in [0.1, 0.15) is 12.1 Å². The fourth-order valence-corrected chi connectivity index (χ4v) is 2.82.